The smallest absolute Gasteiger partial charge is 0.330 e. The van der Waals surface area contributed by atoms with Crippen molar-refractivity contribution in [1.29, 1.82) is 0 Å². The number of carbonyl (C=O) groups is 1. The summed E-state index contributed by atoms with van der Waals surface area (Å²) in [6, 6.07) is 0. The Morgan fingerprint density at radius 2 is 1.95 bits per heavy atom. The van der Waals surface area contributed by atoms with Gasteiger partial charge in [0.1, 0.15) is 6.23 Å². The third-order valence-corrected chi connectivity index (χ3v) is 5.12. The summed E-state index contributed by atoms with van der Waals surface area (Å²) in [7, 11) is -2.10. The van der Waals surface area contributed by atoms with Crippen molar-refractivity contribution in [2.24, 2.45) is 5.92 Å². The quantitative estimate of drug-likeness (QED) is 0.783. The second kappa shape index (κ2) is 6.35. The Balaban J connectivity index is 2.72. The average molecular weight is 293 g/mol. The van der Waals surface area contributed by atoms with E-state index in [9.17, 15) is 14.3 Å². The SMILES string of the molecule is COC1CC(OP(=O)(O)C(C)C)CN1C(=O)C(C)C. The van der Waals surface area contributed by atoms with Gasteiger partial charge in [-0.3, -0.25) is 9.36 Å². The van der Waals surface area contributed by atoms with Crippen LogP contribution in [0.5, 0.6) is 0 Å². The van der Waals surface area contributed by atoms with Crippen molar-refractivity contribution in [3.8, 4) is 0 Å². The topological polar surface area (TPSA) is 76.1 Å². The second-order valence-electron chi connectivity index (χ2n) is 5.46. The van der Waals surface area contributed by atoms with Gasteiger partial charge in [0.25, 0.3) is 0 Å². The van der Waals surface area contributed by atoms with Crippen LogP contribution in [0.3, 0.4) is 0 Å². The van der Waals surface area contributed by atoms with Crippen LogP contribution in [0.1, 0.15) is 34.1 Å². The minimum absolute atomic E-state index is 0.0322. The predicted molar refractivity (Wildman–Crippen MR) is 71.8 cm³/mol. The largest absolute Gasteiger partial charge is 0.361 e. The molecule has 0 spiro atoms. The van der Waals surface area contributed by atoms with E-state index in [0.29, 0.717) is 13.0 Å². The zero-order chi connectivity index (χ0) is 14.8. The number of hydrogen-bond acceptors (Lipinski definition) is 4. The molecular formula is C12H24NO5P. The number of likely N-dealkylation sites (tertiary alicyclic amines) is 1. The van der Waals surface area contributed by atoms with Crippen LogP contribution in [0.4, 0.5) is 0 Å². The molecule has 19 heavy (non-hydrogen) atoms. The van der Waals surface area contributed by atoms with Crippen LogP contribution >= 0.6 is 7.60 Å². The Hall–Kier alpha value is -0.420. The van der Waals surface area contributed by atoms with Gasteiger partial charge < -0.3 is 19.1 Å². The summed E-state index contributed by atoms with van der Waals surface area (Å²) in [4.78, 5) is 23.3. The second-order valence-corrected chi connectivity index (χ2v) is 7.83. The highest BCUT2D eigenvalue weighted by Gasteiger charge is 2.40. The molecule has 0 aromatic rings. The van der Waals surface area contributed by atoms with Gasteiger partial charge in [-0.05, 0) is 0 Å². The van der Waals surface area contributed by atoms with E-state index in [-0.39, 0.29) is 18.1 Å². The van der Waals surface area contributed by atoms with E-state index in [4.69, 9.17) is 9.26 Å². The number of hydrogen-bond donors (Lipinski definition) is 1. The molecule has 3 atom stereocenters. The molecule has 1 N–H and O–H groups in total. The van der Waals surface area contributed by atoms with Crippen LogP contribution in [0.15, 0.2) is 0 Å². The van der Waals surface area contributed by atoms with E-state index >= 15 is 0 Å². The van der Waals surface area contributed by atoms with Crippen molar-refractivity contribution >= 4 is 13.5 Å². The van der Waals surface area contributed by atoms with E-state index in [1.165, 1.54) is 7.11 Å². The molecule has 0 radical (unpaired) electrons. The highest BCUT2D eigenvalue weighted by atomic mass is 31.2. The summed E-state index contributed by atoms with van der Waals surface area (Å²) in [5.74, 6) is -0.169. The molecule has 1 fully saturated rings. The van der Waals surface area contributed by atoms with Gasteiger partial charge in [-0.1, -0.05) is 27.7 Å². The normalized spacial score (nSPS) is 27.1. The minimum atomic E-state index is -3.62. The maximum Gasteiger partial charge on any atom is 0.330 e. The van der Waals surface area contributed by atoms with Crippen molar-refractivity contribution in [3.05, 3.63) is 0 Å². The molecule has 7 heteroatoms. The summed E-state index contributed by atoms with van der Waals surface area (Å²) >= 11 is 0. The number of carbonyl (C=O) groups excluding carboxylic acids is 1. The summed E-state index contributed by atoms with van der Waals surface area (Å²) in [6.45, 7) is 7.20. The first kappa shape index (κ1) is 16.6. The summed E-state index contributed by atoms with van der Waals surface area (Å²) in [5, 5.41) is 0. The molecule has 1 saturated heterocycles. The zero-order valence-corrected chi connectivity index (χ0v) is 13.1. The monoisotopic (exact) mass is 293 g/mol. The Morgan fingerprint density at radius 1 is 1.37 bits per heavy atom. The lowest BCUT2D eigenvalue weighted by Gasteiger charge is -2.24. The van der Waals surface area contributed by atoms with Crippen LogP contribution in [0, 0.1) is 5.92 Å². The molecule has 0 bridgehead atoms. The third-order valence-electron chi connectivity index (χ3n) is 3.21. The molecular weight excluding hydrogens is 269 g/mol. The van der Waals surface area contributed by atoms with Crippen molar-refractivity contribution in [2.45, 2.75) is 52.1 Å². The van der Waals surface area contributed by atoms with Gasteiger partial charge in [-0.15, -0.1) is 0 Å². The predicted octanol–water partition coefficient (Wildman–Crippen LogP) is 1.83. The van der Waals surface area contributed by atoms with Crippen molar-refractivity contribution in [3.63, 3.8) is 0 Å². The van der Waals surface area contributed by atoms with Gasteiger partial charge in [-0.25, -0.2) is 0 Å². The van der Waals surface area contributed by atoms with E-state index in [1.54, 1.807) is 18.7 Å². The van der Waals surface area contributed by atoms with Crippen LogP contribution in [-0.4, -0.2) is 47.3 Å². The number of rotatable bonds is 5. The molecule has 1 heterocycles. The van der Waals surface area contributed by atoms with Crippen molar-refractivity contribution in [2.75, 3.05) is 13.7 Å². The van der Waals surface area contributed by atoms with E-state index < -0.39 is 19.4 Å². The lowest BCUT2D eigenvalue weighted by molar-refractivity contribution is -0.143. The minimum Gasteiger partial charge on any atom is -0.361 e. The Morgan fingerprint density at radius 3 is 2.37 bits per heavy atom. The van der Waals surface area contributed by atoms with E-state index in [2.05, 4.69) is 0 Å². The maximum absolute atomic E-state index is 12.0. The van der Waals surface area contributed by atoms with Crippen LogP contribution in [0.2, 0.25) is 0 Å². The van der Waals surface area contributed by atoms with Crippen LogP contribution in [0.25, 0.3) is 0 Å². The van der Waals surface area contributed by atoms with Crippen LogP contribution in [-0.2, 0) is 18.6 Å². The van der Waals surface area contributed by atoms with Gasteiger partial charge in [0.2, 0.25) is 5.91 Å². The number of amides is 1. The lowest BCUT2D eigenvalue weighted by atomic mass is 10.2. The molecule has 0 aromatic heterocycles. The molecule has 0 aromatic carbocycles. The summed E-state index contributed by atoms with van der Waals surface area (Å²) in [6.07, 6.45) is -0.412. The highest BCUT2D eigenvalue weighted by Crippen LogP contribution is 2.49. The van der Waals surface area contributed by atoms with E-state index in [1.807, 2.05) is 13.8 Å². The van der Waals surface area contributed by atoms with Gasteiger partial charge in [-0.2, -0.15) is 0 Å². The molecule has 0 saturated carbocycles. The Kier molecular flexibility index (Phi) is 5.56. The average Bonchev–Trinajstić information content (AvgIpc) is 2.69. The number of ether oxygens (including phenoxy) is 1. The fraction of sp³-hybridized carbons (Fsp3) is 0.917. The fourth-order valence-electron chi connectivity index (χ4n) is 1.96. The zero-order valence-electron chi connectivity index (χ0n) is 12.2. The van der Waals surface area contributed by atoms with Crippen LogP contribution < -0.4 is 0 Å². The summed E-state index contributed by atoms with van der Waals surface area (Å²) < 4.78 is 22.4. The number of nitrogens with zero attached hydrogens (tertiary/aromatic N) is 1. The molecule has 6 nitrogen and oxygen atoms in total. The van der Waals surface area contributed by atoms with E-state index in [0.717, 1.165) is 0 Å². The van der Waals surface area contributed by atoms with Gasteiger partial charge in [0.05, 0.1) is 18.3 Å². The first-order valence-electron chi connectivity index (χ1n) is 6.53. The van der Waals surface area contributed by atoms with Crippen molar-refractivity contribution in [1.82, 2.24) is 4.90 Å². The van der Waals surface area contributed by atoms with Crippen molar-refractivity contribution < 1.29 is 23.5 Å². The van der Waals surface area contributed by atoms with Gasteiger partial charge in [0.15, 0.2) is 0 Å². The molecule has 0 aliphatic carbocycles. The molecule has 112 valence electrons. The highest BCUT2D eigenvalue weighted by molar-refractivity contribution is 7.53. The Labute approximate surface area is 114 Å². The molecule has 1 aliphatic heterocycles. The first-order chi connectivity index (χ1) is 8.69. The maximum atomic E-state index is 12.0. The molecule has 3 unspecified atom stereocenters. The molecule has 1 aliphatic rings. The van der Waals surface area contributed by atoms with Gasteiger partial charge in [0, 0.05) is 19.4 Å². The fourth-order valence-corrected chi connectivity index (χ4v) is 2.79. The Bertz CT molecular complexity index is 371. The van der Waals surface area contributed by atoms with Gasteiger partial charge >= 0.3 is 7.60 Å². The lowest BCUT2D eigenvalue weighted by Crippen LogP contribution is -2.39. The standard InChI is InChI=1S/C12H24NO5P/c1-8(2)12(14)13-7-10(6-11(13)17-5)18-19(15,16)9(3)4/h8-11H,6-7H2,1-5H3,(H,15,16). The first-order valence-corrected chi connectivity index (χ1v) is 8.17. The third kappa shape index (κ3) is 4.02. The molecule has 1 rings (SSSR count). The molecule has 1 amide bonds. The number of methoxy groups -OCH3 is 1. The summed E-state index contributed by atoms with van der Waals surface area (Å²) in [5.41, 5.74) is -0.455.